The number of aryl methyl sites for hydroxylation is 1. The van der Waals surface area contributed by atoms with Gasteiger partial charge in [-0.1, -0.05) is 5.16 Å². The van der Waals surface area contributed by atoms with Crippen molar-refractivity contribution in [2.45, 2.75) is 18.4 Å². The van der Waals surface area contributed by atoms with Crippen LogP contribution in [-0.4, -0.2) is 32.8 Å². The van der Waals surface area contributed by atoms with Gasteiger partial charge in [-0.05, 0) is 55.0 Å². The SMILES string of the molecule is COc1ccc(-c2noc(CNS(=O)(=O)c3ccc(OC)cc3C)n2)cc1. The fourth-order valence-electron chi connectivity index (χ4n) is 2.47. The first kappa shape index (κ1) is 18.9. The third-order valence-electron chi connectivity index (χ3n) is 3.90. The molecule has 0 spiro atoms. The van der Waals surface area contributed by atoms with Gasteiger partial charge in [0.25, 0.3) is 0 Å². The van der Waals surface area contributed by atoms with Crippen LogP contribution in [-0.2, 0) is 16.6 Å². The van der Waals surface area contributed by atoms with Crippen molar-refractivity contribution in [2.75, 3.05) is 14.2 Å². The summed E-state index contributed by atoms with van der Waals surface area (Å²) >= 11 is 0. The summed E-state index contributed by atoms with van der Waals surface area (Å²) in [6, 6.07) is 11.9. The van der Waals surface area contributed by atoms with Crippen LogP contribution in [0.5, 0.6) is 11.5 Å². The fourth-order valence-corrected chi connectivity index (χ4v) is 3.67. The maximum Gasteiger partial charge on any atom is 0.242 e. The standard InChI is InChI=1S/C18H19N3O5S/c1-12-10-15(25-3)8-9-16(12)27(22,23)19-11-17-20-18(21-26-17)13-4-6-14(24-2)7-5-13/h4-10,19H,11H2,1-3H3. The number of rotatable bonds is 7. The van der Waals surface area contributed by atoms with E-state index in [1.54, 1.807) is 50.4 Å². The first-order valence-corrected chi connectivity index (χ1v) is 9.52. The predicted molar refractivity (Wildman–Crippen MR) is 98.0 cm³/mol. The Kier molecular flexibility index (Phi) is 5.43. The molecule has 3 rings (SSSR count). The van der Waals surface area contributed by atoms with Crippen LogP contribution in [0.4, 0.5) is 0 Å². The van der Waals surface area contributed by atoms with E-state index in [0.29, 0.717) is 22.9 Å². The minimum Gasteiger partial charge on any atom is -0.497 e. The molecule has 1 N–H and O–H groups in total. The number of hydrogen-bond donors (Lipinski definition) is 1. The van der Waals surface area contributed by atoms with Crippen LogP contribution in [0, 0.1) is 6.92 Å². The summed E-state index contributed by atoms with van der Waals surface area (Å²) in [7, 11) is -0.622. The zero-order valence-electron chi connectivity index (χ0n) is 15.1. The first-order chi connectivity index (χ1) is 12.9. The molecule has 9 heteroatoms. The third-order valence-corrected chi connectivity index (χ3v) is 5.46. The second-order valence-corrected chi connectivity index (χ2v) is 7.43. The Hall–Kier alpha value is -2.91. The fraction of sp³-hybridized carbons (Fsp3) is 0.222. The lowest BCUT2D eigenvalue weighted by molar-refractivity contribution is 0.376. The molecule has 2 aromatic carbocycles. The number of aromatic nitrogens is 2. The maximum atomic E-state index is 12.5. The highest BCUT2D eigenvalue weighted by Gasteiger charge is 2.19. The molecule has 142 valence electrons. The maximum absolute atomic E-state index is 12.5. The molecule has 27 heavy (non-hydrogen) atoms. The van der Waals surface area contributed by atoms with Gasteiger partial charge in [-0.3, -0.25) is 0 Å². The molecule has 0 radical (unpaired) electrons. The van der Waals surface area contributed by atoms with Crippen molar-refractivity contribution in [3.05, 3.63) is 53.9 Å². The zero-order valence-corrected chi connectivity index (χ0v) is 15.9. The third kappa shape index (κ3) is 4.26. The summed E-state index contributed by atoms with van der Waals surface area (Å²) in [4.78, 5) is 4.38. The van der Waals surface area contributed by atoms with Crippen molar-refractivity contribution < 1.29 is 22.4 Å². The van der Waals surface area contributed by atoms with E-state index in [0.717, 1.165) is 5.56 Å². The quantitative estimate of drug-likeness (QED) is 0.662. The Morgan fingerprint density at radius 3 is 2.33 bits per heavy atom. The van der Waals surface area contributed by atoms with Crippen LogP contribution in [0.3, 0.4) is 0 Å². The Morgan fingerprint density at radius 1 is 1.04 bits per heavy atom. The molecule has 0 unspecified atom stereocenters. The first-order valence-electron chi connectivity index (χ1n) is 8.04. The largest absolute Gasteiger partial charge is 0.497 e. The van der Waals surface area contributed by atoms with Crippen LogP contribution >= 0.6 is 0 Å². The lowest BCUT2D eigenvalue weighted by Crippen LogP contribution is -2.24. The van der Waals surface area contributed by atoms with Gasteiger partial charge in [0.1, 0.15) is 11.5 Å². The van der Waals surface area contributed by atoms with Crippen molar-refractivity contribution in [2.24, 2.45) is 0 Å². The summed E-state index contributed by atoms with van der Waals surface area (Å²) in [6.45, 7) is 1.59. The van der Waals surface area contributed by atoms with E-state index in [1.165, 1.54) is 13.2 Å². The molecule has 3 aromatic rings. The summed E-state index contributed by atoms with van der Waals surface area (Å²) in [5, 5.41) is 3.88. The summed E-state index contributed by atoms with van der Waals surface area (Å²) in [6.07, 6.45) is 0. The number of nitrogens with zero attached hydrogens (tertiary/aromatic N) is 2. The number of ether oxygens (including phenoxy) is 2. The van der Waals surface area contributed by atoms with E-state index < -0.39 is 10.0 Å². The number of methoxy groups -OCH3 is 2. The van der Waals surface area contributed by atoms with Crippen LogP contribution < -0.4 is 14.2 Å². The average Bonchev–Trinajstić information content (AvgIpc) is 3.15. The molecule has 0 aliphatic heterocycles. The minimum atomic E-state index is -3.73. The van der Waals surface area contributed by atoms with E-state index in [9.17, 15) is 8.42 Å². The van der Waals surface area contributed by atoms with Crippen molar-refractivity contribution in [3.63, 3.8) is 0 Å². The highest BCUT2D eigenvalue weighted by atomic mass is 32.2. The van der Waals surface area contributed by atoms with Gasteiger partial charge in [0, 0.05) is 5.56 Å². The van der Waals surface area contributed by atoms with E-state index in [-0.39, 0.29) is 17.3 Å². The monoisotopic (exact) mass is 389 g/mol. The van der Waals surface area contributed by atoms with Crippen molar-refractivity contribution in [3.8, 4) is 22.9 Å². The Bertz CT molecular complexity index is 1030. The Balaban J connectivity index is 1.72. The molecule has 0 amide bonds. The van der Waals surface area contributed by atoms with Gasteiger partial charge >= 0.3 is 0 Å². The van der Waals surface area contributed by atoms with Gasteiger partial charge in [-0.2, -0.15) is 4.98 Å². The van der Waals surface area contributed by atoms with Crippen LogP contribution in [0.25, 0.3) is 11.4 Å². The molecule has 0 saturated heterocycles. The van der Waals surface area contributed by atoms with E-state index >= 15 is 0 Å². The van der Waals surface area contributed by atoms with E-state index in [1.807, 2.05) is 0 Å². The summed E-state index contributed by atoms with van der Waals surface area (Å²) < 4.78 is 42.8. The lowest BCUT2D eigenvalue weighted by Gasteiger charge is -2.09. The van der Waals surface area contributed by atoms with Crippen molar-refractivity contribution in [1.29, 1.82) is 0 Å². The van der Waals surface area contributed by atoms with Gasteiger partial charge in [0.05, 0.1) is 25.7 Å². The van der Waals surface area contributed by atoms with Gasteiger partial charge < -0.3 is 14.0 Å². The number of hydrogen-bond acceptors (Lipinski definition) is 7. The lowest BCUT2D eigenvalue weighted by atomic mass is 10.2. The zero-order chi connectivity index (χ0) is 19.4. The molecule has 0 aliphatic rings. The van der Waals surface area contributed by atoms with E-state index in [4.69, 9.17) is 14.0 Å². The Morgan fingerprint density at radius 2 is 1.70 bits per heavy atom. The van der Waals surface area contributed by atoms with Crippen LogP contribution in [0.15, 0.2) is 51.9 Å². The highest BCUT2D eigenvalue weighted by molar-refractivity contribution is 7.89. The number of nitrogens with one attached hydrogen (secondary N) is 1. The Labute approximate surface area is 157 Å². The highest BCUT2D eigenvalue weighted by Crippen LogP contribution is 2.22. The van der Waals surface area contributed by atoms with Crippen LogP contribution in [0.1, 0.15) is 11.5 Å². The van der Waals surface area contributed by atoms with E-state index in [2.05, 4.69) is 14.9 Å². The molecule has 0 bridgehead atoms. The summed E-state index contributed by atoms with van der Waals surface area (Å²) in [5.74, 6) is 1.83. The molecule has 0 fully saturated rings. The van der Waals surface area contributed by atoms with Crippen molar-refractivity contribution >= 4 is 10.0 Å². The number of sulfonamides is 1. The molecular weight excluding hydrogens is 370 g/mol. The second kappa shape index (κ2) is 7.77. The molecule has 0 aliphatic carbocycles. The second-order valence-electron chi connectivity index (χ2n) is 5.70. The van der Waals surface area contributed by atoms with Gasteiger partial charge in [0.2, 0.25) is 21.7 Å². The molecule has 0 atom stereocenters. The van der Waals surface area contributed by atoms with Gasteiger partial charge in [0.15, 0.2) is 0 Å². The average molecular weight is 389 g/mol. The normalized spacial score (nSPS) is 11.4. The summed E-state index contributed by atoms with van der Waals surface area (Å²) in [5.41, 5.74) is 1.31. The van der Waals surface area contributed by atoms with Crippen LogP contribution in [0.2, 0.25) is 0 Å². The van der Waals surface area contributed by atoms with Gasteiger partial charge in [-0.25, -0.2) is 13.1 Å². The molecule has 1 heterocycles. The number of benzene rings is 2. The molecule has 8 nitrogen and oxygen atoms in total. The van der Waals surface area contributed by atoms with Gasteiger partial charge in [-0.15, -0.1) is 0 Å². The predicted octanol–water partition coefficient (Wildman–Crippen LogP) is 2.54. The molecule has 0 saturated carbocycles. The molecule has 1 aromatic heterocycles. The molecular formula is C18H19N3O5S. The topological polar surface area (TPSA) is 104 Å². The smallest absolute Gasteiger partial charge is 0.242 e. The minimum absolute atomic E-state index is 0.114. The van der Waals surface area contributed by atoms with Crippen molar-refractivity contribution in [1.82, 2.24) is 14.9 Å².